The molecule has 1 N–H and O–H groups in total. The van der Waals surface area contributed by atoms with Crippen LogP contribution in [-0.2, 0) is 4.79 Å². The van der Waals surface area contributed by atoms with E-state index < -0.39 is 5.91 Å². The average molecular weight is 425 g/mol. The first-order chi connectivity index (χ1) is 14.0. The van der Waals surface area contributed by atoms with E-state index in [1.807, 2.05) is 24.3 Å². The number of thiazole rings is 1. The summed E-state index contributed by atoms with van der Waals surface area (Å²) >= 11 is 6.64. The molecule has 1 aliphatic rings. The highest BCUT2D eigenvalue weighted by Gasteiger charge is 2.16. The van der Waals surface area contributed by atoms with Gasteiger partial charge in [0.2, 0.25) is 5.88 Å². The van der Waals surface area contributed by atoms with Crippen molar-refractivity contribution in [3.05, 3.63) is 67.4 Å². The van der Waals surface area contributed by atoms with E-state index in [0.29, 0.717) is 36.9 Å². The van der Waals surface area contributed by atoms with E-state index >= 15 is 0 Å². The van der Waals surface area contributed by atoms with Crippen molar-refractivity contribution in [1.29, 1.82) is 0 Å². The molecule has 6 nitrogen and oxygen atoms in total. The molecule has 0 radical (unpaired) electrons. The molecule has 29 heavy (non-hydrogen) atoms. The zero-order chi connectivity index (χ0) is 20.5. The number of aromatic nitrogens is 1. The summed E-state index contributed by atoms with van der Waals surface area (Å²) in [7, 11) is 3.13. The van der Waals surface area contributed by atoms with Crippen LogP contribution in [0.15, 0.2) is 53.0 Å². The van der Waals surface area contributed by atoms with Crippen molar-refractivity contribution in [3.8, 4) is 23.1 Å². The first kappa shape index (κ1) is 19.1. The van der Waals surface area contributed by atoms with Crippen LogP contribution in [-0.4, -0.2) is 29.8 Å². The lowest BCUT2D eigenvalue weighted by Crippen LogP contribution is -2.30. The molecule has 0 unspecified atom stereocenters. The van der Waals surface area contributed by atoms with E-state index in [4.69, 9.17) is 21.7 Å². The minimum Gasteiger partial charge on any atom is -0.497 e. The first-order valence-corrected chi connectivity index (χ1v) is 9.82. The van der Waals surface area contributed by atoms with Gasteiger partial charge in [0.1, 0.15) is 11.5 Å². The van der Waals surface area contributed by atoms with Crippen LogP contribution in [0.3, 0.4) is 0 Å². The van der Waals surface area contributed by atoms with Crippen LogP contribution in [0.1, 0.15) is 4.88 Å². The number of ether oxygens (including phenoxy) is 2. The second-order valence-electron chi connectivity index (χ2n) is 6.18. The van der Waals surface area contributed by atoms with Crippen LogP contribution >= 0.6 is 23.6 Å². The predicted octanol–water partition coefficient (Wildman–Crippen LogP) is 3.01. The number of rotatable bonds is 4. The zero-order valence-corrected chi connectivity index (χ0v) is 17.2. The van der Waals surface area contributed by atoms with Crippen molar-refractivity contribution in [2.24, 2.45) is 4.99 Å². The lowest BCUT2D eigenvalue weighted by Gasteiger charge is -2.07. The number of nitrogens with zero attached hydrogens (tertiary/aromatic N) is 2. The second kappa shape index (κ2) is 7.65. The summed E-state index contributed by atoms with van der Waals surface area (Å²) in [5.74, 6) is 0.850. The molecule has 0 saturated carbocycles. The molecule has 0 atom stereocenters. The number of carbonyl (C=O) groups excluding carboxylic acids is 1. The highest BCUT2D eigenvalue weighted by molar-refractivity contribution is 7.73. The Morgan fingerprint density at radius 3 is 2.66 bits per heavy atom. The monoisotopic (exact) mass is 424 g/mol. The molecule has 0 saturated heterocycles. The van der Waals surface area contributed by atoms with E-state index in [9.17, 15) is 9.90 Å². The van der Waals surface area contributed by atoms with E-state index in [-0.39, 0.29) is 5.88 Å². The highest BCUT2D eigenvalue weighted by atomic mass is 32.1. The minimum atomic E-state index is -0.391. The zero-order valence-electron chi connectivity index (χ0n) is 15.6. The van der Waals surface area contributed by atoms with Gasteiger partial charge in [-0.1, -0.05) is 6.07 Å². The van der Waals surface area contributed by atoms with Crippen molar-refractivity contribution in [2.45, 2.75) is 0 Å². The Labute approximate surface area is 175 Å². The molecular formula is C21H16N2O4S2. The van der Waals surface area contributed by atoms with Gasteiger partial charge in [-0.15, -0.1) is 11.3 Å². The van der Waals surface area contributed by atoms with Crippen LogP contribution < -0.4 is 20.0 Å². The Bertz CT molecular complexity index is 1340. The molecule has 2 aromatic carbocycles. The maximum Gasteiger partial charge on any atom is 0.277 e. The lowest BCUT2D eigenvalue weighted by molar-refractivity contribution is -0.114. The maximum absolute atomic E-state index is 12.5. The van der Waals surface area contributed by atoms with Crippen molar-refractivity contribution in [1.82, 2.24) is 4.57 Å². The Morgan fingerprint density at radius 2 is 1.90 bits per heavy atom. The summed E-state index contributed by atoms with van der Waals surface area (Å²) in [6, 6.07) is 12.6. The summed E-state index contributed by atoms with van der Waals surface area (Å²) < 4.78 is 12.4. The molecular weight excluding hydrogens is 408 g/mol. The van der Waals surface area contributed by atoms with Gasteiger partial charge < -0.3 is 14.6 Å². The van der Waals surface area contributed by atoms with Gasteiger partial charge >= 0.3 is 0 Å². The smallest absolute Gasteiger partial charge is 0.277 e. The lowest BCUT2D eigenvalue weighted by atomic mass is 10.1. The van der Waals surface area contributed by atoms with Gasteiger partial charge in [0.25, 0.3) is 5.91 Å². The third-order valence-corrected chi connectivity index (χ3v) is 5.74. The van der Waals surface area contributed by atoms with E-state index in [1.54, 1.807) is 44.6 Å². The summed E-state index contributed by atoms with van der Waals surface area (Å²) in [6.45, 7) is 0. The van der Waals surface area contributed by atoms with Crippen molar-refractivity contribution in [2.75, 3.05) is 14.2 Å². The van der Waals surface area contributed by atoms with Crippen LogP contribution in [0.2, 0.25) is 0 Å². The molecule has 146 valence electrons. The molecule has 8 heteroatoms. The van der Waals surface area contributed by atoms with Gasteiger partial charge in [-0.25, -0.2) is 4.99 Å². The second-order valence-corrected chi connectivity index (χ2v) is 7.85. The van der Waals surface area contributed by atoms with Gasteiger partial charge in [0, 0.05) is 22.9 Å². The molecule has 2 heterocycles. The third kappa shape index (κ3) is 3.59. The van der Waals surface area contributed by atoms with Crippen molar-refractivity contribution < 1.29 is 19.4 Å². The fourth-order valence-electron chi connectivity index (χ4n) is 2.97. The van der Waals surface area contributed by atoms with Crippen LogP contribution in [0, 0.1) is 3.95 Å². The fourth-order valence-corrected chi connectivity index (χ4v) is 4.27. The quantitative estimate of drug-likeness (QED) is 0.515. The number of hydrogen-bond acceptors (Lipinski definition) is 6. The Morgan fingerprint density at radius 1 is 1.14 bits per heavy atom. The predicted molar refractivity (Wildman–Crippen MR) is 114 cm³/mol. The van der Waals surface area contributed by atoms with E-state index in [2.05, 4.69) is 4.99 Å². The van der Waals surface area contributed by atoms with Crippen molar-refractivity contribution >= 4 is 41.6 Å². The van der Waals surface area contributed by atoms with Gasteiger partial charge in [0.15, 0.2) is 3.95 Å². The summed E-state index contributed by atoms with van der Waals surface area (Å²) in [6.07, 6.45) is 3.34. The molecule has 0 bridgehead atoms. The largest absolute Gasteiger partial charge is 0.497 e. The van der Waals surface area contributed by atoms with Crippen LogP contribution in [0.4, 0.5) is 0 Å². The number of amides is 1. The summed E-state index contributed by atoms with van der Waals surface area (Å²) in [4.78, 5) is 17.1. The SMILES string of the molecule is COc1cccc(-n2c(O)c(/C=C3/C=c4ccc(OC)cc4=NC3=O)sc2=S)c1. The number of aromatic hydroxyl groups is 1. The molecule has 0 spiro atoms. The minimum absolute atomic E-state index is 0.0394. The van der Waals surface area contributed by atoms with Crippen LogP contribution in [0.5, 0.6) is 17.4 Å². The molecule has 1 aromatic heterocycles. The topological polar surface area (TPSA) is 73.1 Å². The average Bonchev–Trinajstić information content (AvgIpc) is 3.01. The van der Waals surface area contributed by atoms with E-state index in [0.717, 1.165) is 5.22 Å². The molecule has 3 aromatic rings. The van der Waals surface area contributed by atoms with Crippen molar-refractivity contribution in [3.63, 3.8) is 0 Å². The van der Waals surface area contributed by atoms with E-state index in [1.165, 1.54) is 15.9 Å². The maximum atomic E-state index is 12.5. The van der Waals surface area contributed by atoms with Crippen LogP contribution in [0.25, 0.3) is 17.8 Å². The van der Waals surface area contributed by atoms with Gasteiger partial charge in [-0.05, 0) is 48.6 Å². The number of hydrogen-bond donors (Lipinski definition) is 1. The first-order valence-electron chi connectivity index (χ1n) is 8.60. The number of benzene rings is 2. The number of methoxy groups -OCH3 is 2. The van der Waals surface area contributed by atoms with Gasteiger partial charge in [0.05, 0.1) is 30.1 Å². The fraction of sp³-hybridized carbons (Fsp3) is 0.0952. The molecule has 4 rings (SSSR count). The summed E-state index contributed by atoms with van der Waals surface area (Å²) in [5, 5.41) is 12.1. The Balaban J connectivity index is 1.80. The molecule has 0 aliphatic carbocycles. The number of fused-ring (bicyclic) bond motifs is 1. The molecule has 0 fully saturated rings. The molecule has 1 amide bonds. The Kier molecular flexibility index (Phi) is 5.04. The van der Waals surface area contributed by atoms with Gasteiger partial charge in [-0.3, -0.25) is 9.36 Å². The normalized spacial score (nSPS) is 14.1. The highest BCUT2D eigenvalue weighted by Crippen LogP contribution is 2.32. The third-order valence-electron chi connectivity index (χ3n) is 4.43. The molecule has 1 aliphatic heterocycles. The number of carbonyl (C=O) groups is 1. The summed E-state index contributed by atoms with van der Waals surface area (Å²) in [5.41, 5.74) is 1.04. The Hall–Kier alpha value is -3.23. The standard InChI is InChI=1S/C21H16N2O4S2/c1-26-15-5-3-4-14(10-15)23-20(25)18(29-21(23)28)9-13-8-12-6-7-16(27-2)11-17(12)22-19(13)24/h3-11,25H,1-2H3/b13-9-. The van der Waals surface area contributed by atoms with Gasteiger partial charge in [-0.2, -0.15) is 0 Å².